The molecular weight excluding hydrogens is 192 g/mol. The Morgan fingerprint density at radius 1 is 1.60 bits per heavy atom. The van der Waals surface area contributed by atoms with E-state index in [1.54, 1.807) is 4.90 Å². The van der Waals surface area contributed by atoms with Crippen LogP contribution in [0.25, 0.3) is 0 Å². The molecule has 0 spiro atoms. The Bertz CT molecular complexity index is 304. The molecule has 1 atom stereocenters. The van der Waals surface area contributed by atoms with Crippen LogP contribution in [0.3, 0.4) is 0 Å². The van der Waals surface area contributed by atoms with Gasteiger partial charge in [0.1, 0.15) is 6.04 Å². The van der Waals surface area contributed by atoms with Crippen molar-refractivity contribution in [2.75, 3.05) is 13.1 Å². The lowest BCUT2D eigenvalue weighted by Crippen LogP contribution is -2.60. The molecule has 1 aliphatic heterocycles. The highest BCUT2D eigenvalue weighted by atomic mass is 16.2. The lowest BCUT2D eigenvalue weighted by Gasteiger charge is -2.36. The second-order valence-corrected chi connectivity index (χ2v) is 3.95. The van der Waals surface area contributed by atoms with E-state index in [2.05, 4.69) is 11.2 Å². The third kappa shape index (κ3) is 2.50. The van der Waals surface area contributed by atoms with Crippen LogP contribution in [0.1, 0.15) is 20.3 Å². The fourth-order valence-electron chi connectivity index (χ4n) is 1.78. The number of rotatable bonds is 3. The van der Waals surface area contributed by atoms with Crippen molar-refractivity contribution in [2.45, 2.75) is 26.3 Å². The zero-order chi connectivity index (χ0) is 11.4. The Labute approximate surface area is 90.0 Å². The highest BCUT2D eigenvalue weighted by molar-refractivity contribution is 5.94. The van der Waals surface area contributed by atoms with Crippen LogP contribution in [0, 0.1) is 18.3 Å². The molecular formula is C11H16N2O2. The van der Waals surface area contributed by atoms with Gasteiger partial charge in [-0.25, -0.2) is 0 Å². The summed E-state index contributed by atoms with van der Waals surface area (Å²) in [6, 6.07) is -0.375. The van der Waals surface area contributed by atoms with Crippen molar-refractivity contribution in [3.8, 4) is 12.3 Å². The predicted molar refractivity (Wildman–Crippen MR) is 56.8 cm³/mol. The molecule has 4 nitrogen and oxygen atoms in total. The number of piperazine rings is 1. The van der Waals surface area contributed by atoms with Gasteiger partial charge in [0.25, 0.3) is 0 Å². The average molecular weight is 208 g/mol. The van der Waals surface area contributed by atoms with Crippen molar-refractivity contribution in [3.05, 3.63) is 0 Å². The molecule has 0 aliphatic carbocycles. The zero-order valence-corrected chi connectivity index (χ0v) is 9.12. The summed E-state index contributed by atoms with van der Waals surface area (Å²) in [4.78, 5) is 24.8. The van der Waals surface area contributed by atoms with Crippen molar-refractivity contribution < 1.29 is 9.59 Å². The number of terminal acetylenes is 1. The summed E-state index contributed by atoms with van der Waals surface area (Å²) in [6.45, 7) is 4.40. The number of hydrogen-bond donors (Lipinski definition) is 1. The number of carbonyl (C=O) groups is 2. The second-order valence-electron chi connectivity index (χ2n) is 3.95. The molecule has 0 aromatic carbocycles. The topological polar surface area (TPSA) is 49.4 Å². The SMILES string of the molecule is C#CCCN1C(=O)CNC(=O)C1C(C)C. The molecule has 0 aromatic heterocycles. The lowest BCUT2D eigenvalue weighted by atomic mass is 9.99. The van der Waals surface area contributed by atoms with Crippen LogP contribution in [0.4, 0.5) is 0 Å². The Kier molecular flexibility index (Phi) is 3.73. The largest absolute Gasteiger partial charge is 0.345 e. The van der Waals surface area contributed by atoms with Crippen molar-refractivity contribution in [1.29, 1.82) is 0 Å². The molecule has 2 amide bonds. The maximum Gasteiger partial charge on any atom is 0.243 e. The number of nitrogens with one attached hydrogen (secondary N) is 1. The molecule has 0 radical (unpaired) electrons. The molecule has 1 aliphatic rings. The maximum atomic E-state index is 11.6. The average Bonchev–Trinajstić information content (AvgIpc) is 2.18. The first kappa shape index (κ1) is 11.6. The van der Waals surface area contributed by atoms with Gasteiger partial charge in [-0.1, -0.05) is 13.8 Å². The Hall–Kier alpha value is -1.50. The van der Waals surface area contributed by atoms with Crippen LogP contribution in [-0.4, -0.2) is 35.8 Å². The number of carbonyl (C=O) groups excluding carboxylic acids is 2. The first-order valence-corrected chi connectivity index (χ1v) is 5.08. The van der Waals surface area contributed by atoms with E-state index >= 15 is 0 Å². The van der Waals surface area contributed by atoms with Gasteiger partial charge in [0.2, 0.25) is 11.8 Å². The Morgan fingerprint density at radius 2 is 2.27 bits per heavy atom. The summed E-state index contributed by atoms with van der Waals surface area (Å²) in [5.41, 5.74) is 0. The predicted octanol–water partition coefficient (Wildman–Crippen LogP) is -0.00730. The number of amides is 2. The molecule has 1 saturated heterocycles. The maximum absolute atomic E-state index is 11.6. The molecule has 1 fully saturated rings. The minimum atomic E-state index is -0.375. The van der Waals surface area contributed by atoms with Crippen LogP contribution in [0.15, 0.2) is 0 Å². The number of nitrogens with zero attached hydrogens (tertiary/aromatic N) is 1. The molecule has 1 unspecified atom stereocenters. The van der Waals surface area contributed by atoms with E-state index in [9.17, 15) is 9.59 Å². The lowest BCUT2D eigenvalue weighted by molar-refractivity contribution is -0.147. The fraction of sp³-hybridized carbons (Fsp3) is 0.636. The highest BCUT2D eigenvalue weighted by Crippen LogP contribution is 2.14. The molecule has 1 N–H and O–H groups in total. The summed E-state index contributed by atoms with van der Waals surface area (Å²) in [5.74, 6) is 2.45. The van der Waals surface area contributed by atoms with Crippen LogP contribution in [0.2, 0.25) is 0 Å². The Morgan fingerprint density at radius 3 is 2.80 bits per heavy atom. The van der Waals surface area contributed by atoms with E-state index in [1.807, 2.05) is 13.8 Å². The van der Waals surface area contributed by atoms with Crippen LogP contribution >= 0.6 is 0 Å². The molecule has 1 rings (SSSR count). The van der Waals surface area contributed by atoms with Crippen molar-refractivity contribution in [2.24, 2.45) is 5.92 Å². The molecule has 15 heavy (non-hydrogen) atoms. The standard InChI is InChI=1S/C11H16N2O2/c1-4-5-6-13-9(14)7-12-11(15)10(13)8(2)3/h1,8,10H,5-7H2,2-3H3,(H,12,15). The molecule has 0 saturated carbocycles. The summed E-state index contributed by atoms with van der Waals surface area (Å²) in [5, 5.41) is 2.59. The van der Waals surface area contributed by atoms with Crippen molar-refractivity contribution in [3.63, 3.8) is 0 Å². The van der Waals surface area contributed by atoms with Gasteiger partial charge >= 0.3 is 0 Å². The van der Waals surface area contributed by atoms with Gasteiger partial charge in [-0.3, -0.25) is 9.59 Å². The molecule has 4 heteroatoms. The van der Waals surface area contributed by atoms with E-state index in [0.29, 0.717) is 13.0 Å². The van der Waals surface area contributed by atoms with Crippen molar-refractivity contribution >= 4 is 11.8 Å². The van der Waals surface area contributed by atoms with Gasteiger partial charge in [0.15, 0.2) is 0 Å². The third-order valence-electron chi connectivity index (χ3n) is 2.47. The van der Waals surface area contributed by atoms with Gasteiger partial charge in [-0.15, -0.1) is 12.3 Å². The fourth-order valence-corrected chi connectivity index (χ4v) is 1.78. The smallest absolute Gasteiger partial charge is 0.243 e. The number of hydrogen-bond acceptors (Lipinski definition) is 2. The van der Waals surface area contributed by atoms with E-state index in [0.717, 1.165) is 0 Å². The van der Waals surface area contributed by atoms with Gasteiger partial charge in [-0.2, -0.15) is 0 Å². The molecule has 0 aromatic rings. The first-order chi connectivity index (χ1) is 7.07. The first-order valence-electron chi connectivity index (χ1n) is 5.08. The van der Waals surface area contributed by atoms with Crippen molar-refractivity contribution in [1.82, 2.24) is 10.2 Å². The van der Waals surface area contributed by atoms with Gasteiger partial charge in [0.05, 0.1) is 6.54 Å². The highest BCUT2D eigenvalue weighted by Gasteiger charge is 2.35. The Balaban J connectivity index is 2.79. The summed E-state index contributed by atoms with van der Waals surface area (Å²) in [6.07, 6.45) is 5.65. The van der Waals surface area contributed by atoms with E-state index in [1.165, 1.54) is 0 Å². The van der Waals surface area contributed by atoms with Gasteiger partial charge in [-0.05, 0) is 5.92 Å². The molecule has 82 valence electrons. The second kappa shape index (κ2) is 4.83. The monoisotopic (exact) mass is 208 g/mol. The van der Waals surface area contributed by atoms with Crippen LogP contribution < -0.4 is 5.32 Å². The van der Waals surface area contributed by atoms with E-state index in [4.69, 9.17) is 6.42 Å². The van der Waals surface area contributed by atoms with E-state index in [-0.39, 0.29) is 30.3 Å². The van der Waals surface area contributed by atoms with Gasteiger partial charge in [0, 0.05) is 13.0 Å². The summed E-state index contributed by atoms with van der Waals surface area (Å²) < 4.78 is 0. The summed E-state index contributed by atoms with van der Waals surface area (Å²) in [7, 11) is 0. The minimum absolute atomic E-state index is 0.0523. The summed E-state index contributed by atoms with van der Waals surface area (Å²) >= 11 is 0. The van der Waals surface area contributed by atoms with Crippen LogP contribution in [0.5, 0.6) is 0 Å². The minimum Gasteiger partial charge on any atom is -0.345 e. The van der Waals surface area contributed by atoms with Gasteiger partial charge < -0.3 is 10.2 Å². The van der Waals surface area contributed by atoms with Crippen LogP contribution in [-0.2, 0) is 9.59 Å². The third-order valence-corrected chi connectivity index (χ3v) is 2.47. The molecule has 1 heterocycles. The molecule has 0 bridgehead atoms. The van der Waals surface area contributed by atoms with E-state index < -0.39 is 0 Å². The quantitative estimate of drug-likeness (QED) is 0.663. The zero-order valence-electron chi connectivity index (χ0n) is 9.12. The normalized spacial score (nSPS) is 21.5.